The van der Waals surface area contributed by atoms with Crippen LogP contribution in [0, 0.1) is 5.92 Å². The first kappa shape index (κ1) is 17.5. The molecule has 0 N–H and O–H groups in total. The van der Waals surface area contributed by atoms with E-state index in [-0.39, 0.29) is 23.7 Å². The Balaban J connectivity index is 1.51. The van der Waals surface area contributed by atoms with E-state index in [4.69, 9.17) is 0 Å². The number of hydrogen-bond donors (Lipinski definition) is 0. The van der Waals surface area contributed by atoms with E-state index in [1.54, 1.807) is 0 Å². The summed E-state index contributed by atoms with van der Waals surface area (Å²) in [5, 5.41) is 0. The lowest BCUT2D eigenvalue weighted by Crippen LogP contribution is -2.48. The fourth-order valence-corrected chi connectivity index (χ4v) is 5.37. The molecule has 0 bridgehead atoms. The highest BCUT2D eigenvalue weighted by atomic mass is 16.2. The number of Topliss-reactive ketones (excluding diaryl/α,β-unsaturated/α-hetero) is 1. The van der Waals surface area contributed by atoms with Crippen molar-refractivity contribution in [3.05, 3.63) is 65.7 Å². The van der Waals surface area contributed by atoms with Crippen LogP contribution in [-0.4, -0.2) is 35.7 Å². The van der Waals surface area contributed by atoms with Crippen molar-refractivity contribution in [3.8, 4) is 0 Å². The minimum absolute atomic E-state index is 0.0560. The van der Waals surface area contributed by atoms with Crippen LogP contribution in [0.2, 0.25) is 0 Å². The van der Waals surface area contributed by atoms with Gasteiger partial charge in [0.2, 0.25) is 5.91 Å². The summed E-state index contributed by atoms with van der Waals surface area (Å²) in [5.74, 6) is -0.216. The van der Waals surface area contributed by atoms with Gasteiger partial charge in [-0.2, -0.15) is 0 Å². The van der Waals surface area contributed by atoms with Gasteiger partial charge in [-0.3, -0.25) is 9.59 Å². The summed E-state index contributed by atoms with van der Waals surface area (Å²) in [6.07, 6.45) is 3.76. The second-order valence-corrected chi connectivity index (χ2v) is 8.30. The summed E-state index contributed by atoms with van der Waals surface area (Å²) in [7, 11) is 0. The Hall–Kier alpha value is -2.62. The number of para-hydroxylation sites is 1. The van der Waals surface area contributed by atoms with E-state index in [0.717, 1.165) is 32.5 Å². The van der Waals surface area contributed by atoms with E-state index in [2.05, 4.69) is 35.2 Å². The van der Waals surface area contributed by atoms with Crippen LogP contribution in [-0.2, 0) is 16.1 Å². The third kappa shape index (κ3) is 2.83. The maximum atomic E-state index is 13.4. The highest BCUT2D eigenvalue weighted by Gasteiger charge is 2.54. The zero-order valence-electron chi connectivity index (χ0n) is 16.1. The molecule has 4 heteroatoms. The maximum Gasteiger partial charge on any atom is 0.235 e. The zero-order valence-corrected chi connectivity index (χ0v) is 16.1. The minimum Gasteiger partial charge on any atom is -0.362 e. The van der Waals surface area contributed by atoms with E-state index >= 15 is 0 Å². The molecule has 1 amide bonds. The van der Waals surface area contributed by atoms with Crippen molar-refractivity contribution in [2.24, 2.45) is 5.92 Å². The van der Waals surface area contributed by atoms with Gasteiger partial charge in [-0.05, 0) is 36.5 Å². The summed E-state index contributed by atoms with van der Waals surface area (Å²) in [5.41, 5.74) is 3.62. The Labute approximate surface area is 166 Å². The van der Waals surface area contributed by atoms with E-state index in [0.29, 0.717) is 6.42 Å². The summed E-state index contributed by atoms with van der Waals surface area (Å²) in [6, 6.07) is 18.7. The molecule has 3 atom stereocenters. The SMILES string of the molecule is O=C1C[C@H]2c3ccccc3N(Cc3ccccc3)[C@H]2C1C(=O)N1CCCCC1. The standard InChI is InChI=1S/C24H26N2O2/c27-21-15-19-18-11-5-6-12-20(18)26(16-17-9-3-1-4-10-17)23(19)22(21)24(28)25-13-7-2-8-14-25/h1,3-6,9-12,19,22-23H,2,7-8,13-16H2/t19-,22?,23+/m0/s1. The van der Waals surface area contributed by atoms with Gasteiger partial charge >= 0.3 is 0 Å². The fourth-order valence-electron chi connectivity index (χ4n) is 5.37. The van der Waals surface area contributed by atoms with Crippen LogP contribution in [0.25, 0.3) is 0 Å². The number of fused-ring (bicyclic) bond motifs is 3. The van der Waals surface area contributed by atoms with Crippen molar-refractivity contribution in [2.45, 2.75) is 44.2 Å². The molecule has 4 nitrogen and oxygen atoms in total. The van der Waals surface area contributed by atoms with Crippen molar-refractivity contribution in [1.29, 1.82) is 0 Å². The average molecular weight is 374 g/mol. The Kier molecular flexibility index (Phi) is 4.42. The van der Waals surface area contributed by atoms with Gasteiger partial charge in [-0.25, -0.2) is 0 Å². The number of carbonyl (C=O) groups is 2. The van der Waals surface area contributed by atoms with Gasteiger partial charge in [0.25, 0.3) is 0 Å². The molecule has 0 aromatic heterocycles. The molecule has 1 aliphatic carbocycles. The van der Waals surface area contributed by atoms with Crippen molar-refractivity contribution in [2.75, 3.05) is 18.0 Å². The predicted molar refractivity (Wildman–Crippen MR) is 109 cm³/mol. The molecule has 1 saturated heterocycles. The van der Waals surface area contributed by atoms with Gasteiger partial charge in [0.15, 0.2) is 0 Å². The molecule has 2 aliphatic heterocycles. The van der Waals surface area contributed by atoms with Crippen LogP contribution in [0.1, 0.15) is 42.7 Å². The smallest absolute Gasteiger partial charge is 0.235 e. The number of amides is 1. The molecular weight excluding hydrogens is 348 g/mol. The van der Waals surface area contributed by atoms with Crippen LogP contribution in [0.3, 0.4) is 0 Å². The number of rotatable bonds is 3. The van der Waals surface area contributed by atoms with Gasteiger partial charge in [0, 0.05) is 37.7 Å². The molecule has 144 valence electrons. The second-order valence-electron chi connectivity index (χ2n) is 8.30. The van der Waals surface area contributed by atoms with Crippen LogP contribution in [0.4, 0.5) is 5.69 Å². The third-order valence-electron chi connectivity index (χ3n) is 6.66. The van der Waals surface area contributed by atoms with Crippen molar-refractivity contribution >= 4 is 17.4 Å². The lowest BCUT2D eigenvalue weighted by molar-refractivity contribution is -0.141. The molecule has 1 unspecified atom stereocenters. The molecule has 0 spiro atoms. The van der Waals surface area contributed by atoms with E-state index in [9.17, 15) is 9.59 Å². The van der Waals surface area contributed by atoms with Gasteiger partial charge < -0.3 is 9.80 Å². The average Bonchev–Trinajstić information content (AvgIpc) is 3.23. The van der Waals surface area contributed by atoms with Gasteiger partial charge in [0.1, 0.15) is 11.7 Å². The van der Waals surface area contributed by atoms with Gasteiger partial charge in [0.05, 0.1) is 6.04 Å². The summed E-state index contributed by atoms with van der Waals surface area (Å²) in [4.78, 5) is 30.7. The Morgan fingerprint density at radius 3 is 2.43 bits per heavy atom. The number of nitrogens with zero attached hydrogens (tertiary/aromatic N) is 2. The lowest BCUT2D eigenvalue weighted by atomic mass is 9.93. The monoisotopic (exact) mass is 374 g/mol. The van der Waals surface area contributed by atoms with Crippen molar-refractivity contribution in [3.63, 3.8) is 0 Å². The Bertz CT molecular complexity index is 888. The largest absolute Gasteiger partial charge is 0.362 e. The number of hydrogen-bond acceptors (Lipinski definition) is 3. The minimum atomic E-state index is -0.529. The van der Waals surface area contributed by atoms with Gasteiger partial charge in [-0.1, -0.05) is 48.5 Å². The third-order valence-corrected chi connectivity index (χ3v) is 6.66. The molecule has 2 heterocycles. The maximum absolute atomic E-state index is 13.4. The normalized spacial score (nSPS) is 26.3. The number of anilines is 1. The molecule has 5 rings (SSSR count). The summed E-state index contributed by atoms with van der Waals surface area (Å²) >= 11 is 0. The summed E-state index contributed by atoms with van der Waals surface area (Å²) < 4.78 is 0. The molecule has 1 saturated carbocycles. The molecule has 2 fully saturated rings. The molecule has 3 aliphatic rings. The highest BCUT2D eigenvalue weighted by molar-refractivity contribution is 6.06. The lowest BCUT2D eigenvalue weighted by Gasteiger charge is -2.34. The molecule has 28 heavy (non-hydrogen) atoms. The first-order valence-electron chi connectivity index (χ1n) is 10.4. The quantitative estimate of drug-likeness (QED) is 0.768. The Morgan fingerprint density at radius 2 is 1.64 bits per heavy atom. The molecule has 2 aromatic carbocycles. The van der Waals surface area contributed by atoms with E-state index in [1.807, 2.05) is 29.2 Å². The van der Waals surface area contributed by atoms with E-state index in [1.165, 1.54) is 23.2 Å². The number of ketones is 1. The first-order valence-corrected chi connectivity index (χ1v) is 10.4. The van der Waals surface area contributed by atoms with Crippen molar-refractivity contribution in [1.82, 2.24) is 4.90 Å². The number of benzene rings is 2. The molecule has 2 aromatic rings. The fraction of sp³-hybridized carbons (Fsp3) is 0.417. The predicted octanol–water partition coefficient (Wildman–Crippen LogP) is 3.76. The van der Waals surface area contributed by atoms with E-state index < -0.39 is 5.92 Å². The Morgan fingerprint density at radius 1 is 0.929 bits per heavy atom. The van der Waals surface area contributed by atoms with Gasteiger partial charge in [-0.15, -0.1) is 0 Å². The molecular formula is C24H26N2O2. The van der Waals surface area contributed by atoms with Crippen LogP contribution >= 0.6 is 0 Å². The van der Waals surface area contributed by atoms with Crippen LogP contribution in [0.15, 0.2) is 54.6 Å². The summed E-state index contributed by atoms with van der Waals surface area (Å²) in [6.45, 7) is 2.33. The van der Waals surface area contributed by atoms with Crippen LogP contribution < -0.4 is 4.90 Å². The number of likely N-dealkylation sites (tertiary alicyclic amines) is 1. The highest BCUT2D eigenvalue weighted by Crippen LogP contribution is 2.51. The van der Waals surface area contributed by atoms with Crippen molar-refractivity contribution < 1.29 is 9.59 Å². The van der Waals surface area contributed by atoms with Crippen LogP contribution in [0.5, 0.6) is 0 Å². The topological polar surface area (TPSA) is 40.6 Å². The zero-order chi connectivity index (χ0) is 19.1. The second kappa shape index (κ2) is 7.08. The first-order chi connectivity index (χ1) is 13.7. The molecule has 0 radical (unpaired) electrons. The number of carbonyl (C=O) groups excluding carboxylic acids is 2. The number of piperidine rings is 1.